The van der Waals surface area contributed by atoms with E-state index in [0.717, 1.165) is 21.7 Å². The van der Waals surface area contributed by atoms with Crippen LogP contribution >= 0.6 is 23.1 Å². The smallest absolute Gasteiger partial charge is 0.267 e. The Hall–Kier alpha value is -3.41. The molecule has 2 aromatic carbocycles. The Labute approximate surface area is 206 Å². The van der Waals surface area contributed by atoms with Crippen molar-refractivity contribution in [3.05, 3.63) is 81.0 Å². The maximum Gasteiger partial charge on any atom is 0.267 e. The third-order valence-electron chi connectivity index (χ3n) is 5.61. The molecular formula is C26H24N4O2S2. The lowest BCUT2D eigenvalue weighted by Gasteiger charge is -2.22. The van der Waals surface area contributed by atoms with Gasteiger partial charge in [-0.2, -0.15) is 5.26 Å². The Kier molecular flexibility index (Phi) is 7.15. The highest BCUT2D eigenvalue weighted by Gasteiger charge is 2.21. The van der Waals surface area contributed by atoms with Crippen molar-refractivity contribution in [1.82, 2.24) is 9.55 Å². The van der Waals surface area contributed by atoms with Crippen LogP contribution < -0.4 is 10.5 Å². The van der Waals surface area contributed by atoms with Crippen LogP contribution in [0.15, 0.2) is 64.5 Å². The average Bonchev–Trinajstić information content (AvgIpc) is 3.13. The van der Waals surface area contributed by atoms with Gasteiger partial charge >= 0.3 is 0 Å². The minimum atomic E-state index is -0.142. The number of nitriles is 1. The summed E-state index contributed by atoms with van der Waals surface area (Å²) in [4.78, 5) is 34.9. The number of thioether (sulfide) groups is 1. The van der Waals surface area contributed by atoms with Crippen LogP contribution in [-0.2, 0) is 4.79 Å². The molecule has 0 saturated carbocycles. The van der Waals surface area contributed by atoms with Gasteiger partial charge in [0.25, 0.3) is 5.56 Å². The molecule has 0 fully saturated rings. The van der Waals surface area contributed by atoms with Crippen molar-refractivity contribution in [3.63, 3.8) is 0 Å². The zero-order chi connectivity index (χ0) is 24.2. The van der Waals surface area contributed by atoms with Gasteiger partial charge in [0.15, 0.2) is 5.16 Å². The van der Waals surface area contributed by atoms with E-state index in [2.05, 4.69) is 6.07 Å². The minimum absolute atomic E-state index is 0.0907. The molecule has 0 N–H and O–H groups in total. The van der Waals surface area contributed by atoms with Crippen molar-refractivity contribution in [1.29, 1.82) is 5.26 Å². The lowest BCUT2D eigenvalue weighted by atomic mass is 10.2. The van der Waals surface area contributed by atoms with E-state index in [-0.39, 0.29) is 23.6 Å². The van der Waals surface area contributed by atoms with Gasteiger partial charge in [0, 0.05) is 17.1 Å². The van der Waals surface area contributed by atoms with E-state index in [1.165, 1.54) is 23.1 Å². The molecule has 6 nitrogen and oxygen atoms in total. The molecule has 4 rings (SSSR count). The van der Waals surface area contributed by atoms with Crippen molar-refractivity contribution >= 4 is 44.9 Å². The second-order valence-corrected chi connectivity index (χ2v) is 10.1. The van der Waals surface area contributed by atoms with E-state index in [1.54, 1.807) is 9.47 Å². The van der Waals surface area contributed by atoms with Gasteiger partial charge in [0.05, 0.1) is 29.3 Å². The lowest BCUT2D eigenvalue weighted by Crippen LogP contribution is -2.33. The topological polar surface area (TPSA) is 79.0 Å². The van der Waals surface area contributed by atoms with E-state index < -0.39 is 0 Å². The fourth-order valence-electron chi connectivity index (χ4n) is 3.67. The van der Waals surface area contributed by atoms with Gasteiger partial charge in [-0.1, -0.05) is 47.7 Å². The Morgan fingerprint density at radius 3 is 2.50 bits per heavy atom. The minimum Gasteiger partial charge on any atom is -0.311 e. The predicted molar refractivity (Wildman–Crippen MR) is 139 cm³/mol. The summed E-state index contributed by atoms with van der Waals surface area (Å²) < 4.78 is 1.59. The standard InChI is InChI=1S/C26H24N4O2S2/c1-17-10-12-20(13-11-17)29(15-7-14-27)22(31)16-33-26-28-24-23(18(2)19(3)34-24)25(32)30(26)21-8-5-4-6-9-21/h4-6,8-13H,7,15-16H2,1-3H3. The maximum atomic E-state index is 13.5. The number of aromatic nitrogens is 2. The van der Waals surface area contributed by atoms with E-state index in [1.807, 2.05) is 75.4 Å². The zero-order valence-electron chi connectivity index (χ0n) is 19.2. The normalized spacial score (nSPS) is 10.9. The molecule has 0 aliphatic heterocycles. The lowest BCUT2D eigenvalue weighted by molar-refractivity contribution is -0.116. The van der Waals surface area contributed by atoms with E-state index in [4.69, 9.17) is 10.2 Å². The number of aryl methyl sites for hydroxylation is 3. The van der Waals surface area contributed by atoms with Crippen molar-refractivity contribution in [2.75, 3.05) is 17.2 Å². The quantitative estimate of drug-likeness (QED) is 0.257. The third-order valence-corrected chi connectivity index (χ3v) is 7.63. The van der Waals surface area contributed by atoms with Crippen LogP contribution in [0, 0.1) is 32.1 Å². The molecule has 1 amide bonds. The molecule has 172 valence electrons. The molecule has 0 atom stereocenters. The van der Waals surface area contributed by atoms with Crippen LogP contribution in [0.3, 0.4) is 0 Å². The first-order valence-electron chi connectivity index (χ1n) is 10.9. The molecule has 8 heteroatoms. The fourth-order valence-corrected chi connectivity index (χ4v) is 5.62. The summed E-state index contributed by atoms with van der Waals surface area (Å²) in [6, 6.07) is 19.1. The molecule has 0 radical (unpaired) electrons. The summed E-state index contributed by atoms with van der Waals surface area (Å²) in [5, 5.41) is 10.2. The molecule has 2 heterocycles. The van der Waals surface area contributed by atoms with Crippen LogP contribution in [0.25, 0.3) is 15.9 Å². The van der Waals surface area contributed by atoms with Gasteiger partial charge in [-0.05, 0) is 50.6 Å². The van der Waals surface area contributed by atoms with Crippen molar-refractivity contribution < 1.29 is 4.79 Å². The SMILES string of the molecule is Cc1ccc(N(CCC#N)C(=O)CSc2nc3sc(C)c(C)c3c(=O)n2-c2ccccc2)cc1. The summed E-state index contributed by atoms with van der Waals surface area (Å²) in [7, 11) is 0. The average molecular weight is 489 g/mol. The molecule has 0 spiro atoms. The maximum absolute atomic E-state index is 13.5. The van der Waals surface area contributed by atoms with Gasteiger partial charge in [0.2, 0.25) is 5.91 Å². The highest BCUT2D eigenvalue weighted by molar-refractivity contribution is 7.99. The summed E-state index contributed by atoms with van der Waals surface area (Å²) in [6.45, 7) is 6.22. The Bertz CT molecular complexity index is 1430. The van der Waals surface area contributed by atoms with Crippen molar-refractivity contribution in [2.45, 2.75) is 32.3 Å². The molecule has 0 bridgehead atoms. The van der Waals surface area contributed by atoms with Gasteiger partial charge in [-0.3, -0.25) is 14.2 Å². The molecule has 4 aromatic rings. The Balaban J connectivity index is 1.71. The molecule has 0 aliphatic rings. The first-order valence-corrected chi connectivity index (χ1v) is 12.7. The predicted octanol–water partition coefficient (Wildman–Crippen LogP) is 5.41. The molecule has 2 aromatic heterocycles. The van der Waals surface area contributed by atoms with Gasteiger partial charge in [-0.25, -0.2) is 4.98 Å². The zero-order valence-corrected chi connectivity index (χ0v) is 20.9. The van der Waals surface area contributed by atoms with E-state index in [9.17, 15) is 9.59 Å². The van der Waals surface area contributed by atoms with Crippen LogP contribution in [0.5, 0.6) is 0 Å². The van der Waals surface area contributed by atoms with Crippen LogP contribution in [0.4, 0.5) is 5.69 Å². The number of anilines is 1. The van der Waals surface area contributed by atoms with Crippen molar-refractivity contribution in [3.8, 4) is 11.8 Å². The fraction of sp³-hybridized carbons (Fsp3) is 0.231. The molecular weight excluding hydrogens is 464 g/mol. The third kappa shape index (κ3) is 4.76. The van der Waals surface area contributed by atoms with Gasteiger partial charge < -0.3 is 4.90 Å². The number of carbonyl (C=O) groups excluding carboxylic acids is 1. The number of hydrogen-bond donors (Lipinski definition) is 0. The number of para-hydroxylation sites is 1. The van der Waals surface area contributed by atoms with Crippen molar-refractivity contribution in [2.24, 2.45) is 0 Å². The highest BCUT2D eigenvalue weighted by Crippen LogP contribution is 2.30. The number of amides is 1. The van der Waals surface area contributed by atoms with Gasteiger partial charge in [0.1, 0.15) is 4.83 Å². The summed E-state index contributed by atoms with van der Waals surface area (Å²) in [5.74, 6) is -0.0513. The number of rotatable bonds is 7. The number of carbonyl (C=O) groups is 1. The molecule has 0 saturated heterocycles. The Morgan fingerprint density at radius 1 is 1.12 bits per heavy atom. The second-order valence-electron chi connectivity index (χ2n) is 7.91. The first kappa shape index (κ1) is 23.7. The van der Waals surface area contributed by atoms with Crippen LogP contribution in [0.2, 0.25) is 0 Å². The molecule has 34 heavy (non-hydrogen) atoms. The summed E-state index contributed by atoms with van der Waals surface area (Å²) >= 11 is 2.73. The highest BCUT2D eigenvalue weighted by atomic mass is 32.2. The monoisotopic (exact) mass is 488 g/mol. The molecule has 0 aliphatic carbocycles. The largest absolute Gasteiger partial charge is 0.311 e. The number of nitrogens with zero attached hydrogens (tertiary/aromatic N) is 4. The summed E-state index contributed by atoms with van der Waals surface area (Å²) in [5.41, 5.74) is 3.36. The number of thiophene rings is 1. The number of benzene rings is 2. The summed E-state index contributed by atoms with van der Waals surface area (Å²) in [6.07, 6.45) is 0.233. The van der Waals surface area contributed by atoms with Crippen LogP contribution in [0.1, 0.15) is 22.4 Å². The molecule has 0 unspecified atom stereocenters. The second kappa shape index (κ2) is 10.2. The first-order chi connectivity index (χ1) is 16.4. The number of fused-ring (bicyclic) bond motifs is 1. The Morgan fingerprint density at radius 2 is 1.82 bits per heavy atom. The van der Waals surface area contributed by atoms with E-state index >= 15 is 0 Å². The van der Waals surface area contributed by atoms with E-state index in [0.29, 0.717) is 27.6 Å². The van der Waals surface area contributed by atoms with Crippen LogP contribution in [-0.4, -0.2) is 27.8 Å². The van der Waals surface area contributed by atoms with Gasteiger partial charge in [-0.15, -0.1) is 11.3 Å². The number of hydrogen-bond acceptors (Lipinski definition) is 6.